The van der Waals surface area contributed by atoms with Gasteiger partial charge in [0.05, 0.1) is 12.0 Å². The summed E-state index contributed by atoms with van der Waals surface area (Å²) in [5, 5.41) is 9.48. The number of likely N-dealkylation sites (tertiary alicyclic amines) is 1. The van der Waals surface area contributed by atoms with Gasteiger partial charge in [-0.15, -0.1) is 0 Å². The quantitative estimate of drug-likeness (QED) is 0.761. The smallest absolute Gasteiger partial charge is 0.0672 e. The third kappa shape index (κ3) is 3.31. The summed E-state index contributed by atoms with van der Waals surface area (Å²) in [7, 11) is 0. The monoisotopic (exact) mass is 262 g/mol. The second-order valence-electron chi connectivity index (χ2n) is 6.87. The zero-order chi connectivity index (χ0) is 13.8. The van der Waals surface area contributed by atoms with E-state index in [9.17, 15) is 5.26 Å². The van der Waals surface area contributed by atoms with E-state index in [-0.39, 0.29) is 5.92 Å². The number of hydrogen-bond acceptors (Lipinski definition) is 2. The minimum atomic E-state index is 0.279. The third-order valence-corrected chi connectivity index (χ3v) is 5.64. The van der Waals surface area contributed by atoms with E-state index in [0.29, 0.717) is 12.1 Å². The van der Waals surface area contributed by atoms with E-state index in [4.69, 9.17) is 0 Å². The Hall–Kier alpha value is -0.550. The fourth-order valence-electron chi connectivity index (χ4n) is 4.25. The van der Waals surface area contributed by atoms with E-state index >= 15 is 0 Å². The highest BCUT2D eigenvalue weighted by Gasteiger charge is 2.38. The minimum Gasteiger partial charge on any atom is -0.296 e. The molecule has 0 amide bonds. The van der Waals surface area contributed by atoms with Crippen LogP contribution in [-0.4, -0.2) is 23.5 Å². The highest BCUT2D eigenvalue weighted by atomic mass is 15.2. The van der Waals surface area contributed by atoms with E-state index in [1.165, 1.54) is 45.1 Å². The average Bonchev–Trinajstić information content (AvgIpc) is 2.42. The van der Waals surface area contributed by atoms with E-state index in [1.54, 1.807) is 0 Å². The molecule has 0 radical (unpaired) electrons. The van der Waals surface area contributed by atoms with Crippen LogP contribution in [0.15, 0.2) is 0 Å². The Labute approximate surface area is 119 Å². The molecule has 2 aliphatic rings. The van der Waals surface area contributed by atoms with Crippen LogP contribution in [-0.2, 0) is 0 Å². The summed E-state index contributed by atoms with van der Waals surface area (Å²) in [6, 6.07) is 3.80. The average molecular weight is 262 g/mol. The van der Waals surface area contributed by atoms with Crippen LogP contribution in [0.1, 0.15) is 65.7 Å². The number of nitrogens with zero attached hydrogens (tertiary/aromatic N) is 2. The standard InChI is InChI=1S/C17H30N2/c1-4-6-15-8-9-16(12-18)17(11-15)19-10-5-7-13(2)14(19)3/h13-17H,4-11H2,1-3H3. The van der Waals surface area contributed by atoms with E-state index < -0.39 is 0 Å². The molecule has 0 aromatic heterocycles. The Morgan fingerprint density at radius 2 is 2.00 bits per heavy atom. The maximum Gasteiger partial charge on any atom is 0.0672 e. The largest absolute Gasteiger partial charge is 0.296 e. The normalized spacial score (nSPS) is 40.8. The lowest BCUT2D eigenvalue weighted by atomic mass is 9.75. The first-order valence-electron chi connectivity index (χ1n) is 8.32. The molecule has 0 spiro atoms. The number of nitriles is 1. The van der Waals surface area contributed by atoms with Crippen molar-refractivity contribution in [2.24, 2.45) is 17.8 Å². The molecule has 19 heavy (non-hydrogen) atoms. The lowest BCUT2D eigenvalue weighted by Gasteiger charge is -2.47. The molecule has 1 aliphatic heterocycles. The molecule has 1 saturated carbocycles. The van der Waals surface area contributed by atoms with Crippen LogP contribution in [0.4, 0.5) is 0 Å². The first-order valence-corrected chi connectivity index (χ1v) is 8.32. The van der Waals surface area contributed by atoms with E-state index in [1.807, 2.05) is 0 Å². The molecule has 0 N–H and O–H groups in total. The molecule has 2 nitrogen and oxygen atoms in total. The Morgan fingerprint density at radius 3 is 2.68 bits per heavy atom. The predicted octanol–water partition coefficient (Wildman–Crippen LogP) is 4.22. The van der Waals surface area contributed by atoms with Gasteiger partial charge in [-0.3, -0.25) is 4.90 Å². The molecule has 0 bridgehead atoms. The first-order chi connectivity index (χ1) is 9.17. The van der Waals surface area contributed by atoms with Crippen LogP contribution >= 0.6 is 0 Å². The van der Waals surface area contributed by atoms with Crippen molar-refractivity contribution in [3.63, 3.8) is 0 Å². The van der Waals surface area contributed by atoms with Crippen LogP contribution in [0.5, 0.6) is 0 Å². The Morgan fingerprint density at radius 1 is 1.21 bits per heavy atom. The van der Waals surface area contributed by atoms with Gasteiger partial charge in [-0.25, -0.2) is 0 Å². The fraction of sp³-hybridized carbons (Fsp3) is 0.941. The van der Waals surface area contributed by atoms with Crippen LogP contribution in [0.2, 0.25) is 0 Å². The van der Waals surface area contributed by atoms with Crippen LogP contribution in [0.25, 0.3) is 0 Å². The summed E-state index contributed by atoms with van der Waals surface area (Å²) in [5.41, 5.74) is 0. The topological polar surface area (TPSA) is 27.0 Å². The van der Waals surface area contributed by atoms with Crippen LogP contribution in [0, 0.1) is 29.1 Å². The summed E-state index contributed by atoms with van der Waals surface area (Å²) in [6.45, 7) is 8.26. The second kappa shape index (κ2) is 6.75. The van der Waals surface area contributed by atoms with Crippen molar-refractivity contribution in [1.82, 2.24) is 4.90 Å². The van der Waals surface area contributed by atoms with Gasteiger partial charge in [0, 0.05) is 12.1 Å². The van der Waals surface area contributed by atoms with Crippen molar-refractivity contribution in [3.05, 3.63) is 0 Å². The van der Waals surface area contributed by atoms with Gasteiger partial charge < -0.3 is 0 Å². The van der Waals surface area contributed by atoms with Gasteiger partial charge in [0.25, 0.3) is 0 Å². The summed E-state index contributed by atoms with van der Waals surface area (Å²) < 4.78 is 0. The molecule has 108 valence electrons. The molecule has 5 unspecified atom stereocenters. The summed E-state index contributed by atoms with van der Waals surface area (Å²) in [4.78, 5) is 2.68. The Bertz CT molecular complexity index is 320. The molecular weight excluding hydrogens is 232 g/mol. The lowest BCUT2D eigenvalue weighted by Crippen LogP contribution is -2.52. The Kier molecular flexibility index (Phi) is 5.28. The van der Waals surface area contributed by atoms with Crippen molar-refractivity contribution in [2.45, 2.75) is 77.8 Å². The zero-order valence-corrected chi connectivity index (χ0v) is 12.9. The maximum atomic E-state index is 9.48. The predicted molar refractivity (Wildman–Crippen MR) is 79.7 cm³/mol. The van der Waals surface area contributed by atoms with Gasteiger partial charge >= 0.3 is 0 Å². The fourth-order valence-corrected chi connectivity index (χ4v) is 4.25. The van der Waals surface area contributed by atoms with Crippen molar-refractivity contribution in [1.29, 1.82) is 5.26 Å². The summed E-state index contributed by atoms with van der Waals surface area (Å²) in [5.74, 6) is 1.93. The van der Waals surface area contributed by atoms with Crippen molar-refractivity contribution >= 4 is 0 Å². The van der Waals surface area contributed by atoms with Gasteiger partial charge in [-0.2, -0.15) is 5.26 Å². The SMILES string of the molecule is CCCC1CCC(C#N)C(N2CCCC(C)C2C)C1. The lowest BCUT2D eigenvalue weighted by molar-refractivity contribution is 0.0204. The molecule has 2 rings (SSSR count). The van der Waals surface area contributed by atoms with Gasteiger partial charge in [-0.05, 0) is 57.4 Å². The molecule has 0 aromatic rings. The van der Waals surface area contributed by atoms with Crippen LogP contribution < -0.4 is 0 Å². The molecular formula is C17H30N2. The zero-order valence-electron chi connectivity index (χ0n) is 12.9. The minimum absolute atomic E-state index is 0.279. The van der Waals surface area contributed by atoms with Crippen molar-refractivity contribution in [3.8, 4) is 6.07 Å². The molecule has 5 atom stereocenters. The highest BCUT2D eigenvalue weighted by Crippen LogP contribution is 2.37. The van der Waals surface area contributed by atoms with Crippen LogP contribution in [0.3, 0.4) is 0 Å². The highest BCUT2D eigenvalue weighted by molar-refractivity contribution is 4.99. The van der Waals surface area contributed by atoms with Gasteiger partial charge in [-0.1, -0.05) is 26.7 Å². The molecule has 2 fully saturated rings. The number of piperidine rings is 1. The van der Waals surface area contributed by atoms with Crippen molar-refractivity contribution in [2.75, 3.05) is 6.54 Å². The van der Waals surface area contributed by atoms with Crippen molar-refractivity contribution < 1.29 is 0 Å². The first kappa shape index (κ1) is 14.9. The summed E-state index contributed by atoms with van der Waals surface area (Å²) >= 11 is 0. The number of rotatable bonds is 3. The van der Waals surface area contributed by atoms with Gasteiger partial charge in [0.1, 0.15) is 0 Å². The molecule has 2 heteroatoms. The van der Waals surface area contributed by atoms with Gasteiger partial charge in [0.2, 0.25) is 0 Å². The Balaban J connectivity index is 2.07. The molecule has 1 aliphatic carbocycles. The van der Waals surface area contributed by atoms with Gasteiger partial charge in [0.15, 0.2) is 0 Å². The summed E-state index contributed by atoms with van der Waals surface area (Å²) in [6.07, 6.45) is 9.00. The molecule has 0 aromatic carbocycles. The second-order valence-corrected chi connectivity index (χ2v) is 6.87. The maximum absolute atomic E-state index is 9.48. The van der Waals surface area contributed by atoms with E-state index in [2.05, 4.69) is 31.7 Å². The third-order valence-electron chi connectivity index (χ3n) is 5.64. The van der Waals surface area contributed by atoms with E-state index in [0.717, 1.165) is 18.3 Å². The molecule has 1 saturated heterocycles. The molecule has 1 heterocycles. The number of hydrogen-bond donors (Lipinski definition) is 0.